The third-order valence-corrected chi connectivity index (χ3v) is 6.30. The van der Waals surface area contributed by atoms with Crippen LogP contribution in [0, 0.1) is 0 Å². The van der Waals surface area contributed by atoms with Crippen molar-refractivity contribution in [1.29, 1.82) is 0 Å². The molecule has 29 heavy (non-hydrogen) atoms. The molecule has 1 N–H and O–H groups in total. The monoisotopic (exact) mass is 407 g/mol. The lowest BCUT2D eigenvalue weighted by Crippen LogP contribution is -2.36. The lowest BCUT2D eigenvalue weighted by molar-refractivity contribution is 0.122. The molecule has 148 valence electrons. The van der Waals surface area contributed by atoms with Gasteiger partial charge in [0, 0.05) is 59.7 Å². The van der Waals surface area contributed by atoms with E-state index in [1.165, 1.54) is 0 Å². The second-order valence-corrected chi connectivity index (χ2v) is 8.18. The van der Waals surface area contributed by atoms with Crippen molar-refractivity contribution < 1.29 is 9.84 Å². The Bertz CT molecular complexity index is 1050. The van der Waals surface area contributed by atoms with Gasteiger partial charge in [-0.25, -0.2) is 9.97 Å². The Hall–Kier alpha value is -2.55. The van der Waals surface area contributed by atoms with Gasteiger partial charge in [0.2, 0.25) is 0 Å². The molecule has 0 spiro atoms. The number of hydrogen-bond donors (Lipinski definition) is 1. The fraction of sp³-hybridized carbons (Fsp3) is 0.333. The van der Waals surface area contributed by atoms with Crippen molar-refractivity contribution >= 4 is 34.6 Å². The maximum Gasteiger partial charge on any atom is 0.125 e. The van der Waals surface area contributed by atoms with Crippen LogP contribution < -0.4 is 4.90 Å². The third-order valence-electron chi connectivity index (χ3n) is 5.23. The summed E-state index contributed by atoms with van der Waals surface area (Å²) in [6.45, 7) is 3.26. The van der Waals surface area contributed by atoms with Crippen molar-refractivity contribution in [2.75, 3.05) is 37.0 Å². The topological polar surface area (TPSA) is 83.7 Å². The highest BCUT2D eigenvalue weighted by atomic mass is 32.2. The SMILES string of the molecule is OC(c1cncc(-c2ncnc3cc(N4CCOCC4)ccc23)c1)C1N=CCS1. The molecule has 0 aliphatic carbocycles. The molecule has 1 fully saturated rings. The van der Waals surface area contributed by atoms with Crippen LogP contribution in [-0.4, -0.2) is 63.7 Å². The molecule has 2 aliphatic heterocycles. The Labute approximate surface area is 172 Å². The summed E-state index contributed by atoms with van der Waals surface area (Å²) in [5.74, 6) is 0.830. The van der Waals surface area contributed by atoms with E-state index in [1.54, 1.807) is 30.5 Å². The predicted octanol–water partition coefficient (Wildman–Crippen LogP) is 2.71. The maximum atomic E-state index is 10.7. The zero-order valence-electron chi connectivity index (χ0n) is 15.8. The first-order chi connectivity index (χ1) is 14.3. The summed E-state index contributed by atoms with van der Waals surface area (Å²) >= 11 is 1.63. The van der Waals surface area contributed by atoms with Crippen LogP contribution in [0.25, 0.3) is 22.2 Å². The van der Waals surface area contributed by atoms with E-state index in [2.05, 4.69) is 43.0 Å². The number of fused-ring (bicyclic) bond motifs is 1. The van der Waals surface area contributed by atoms with Crippen LogP contribution in [0.2, 0.25) is 0 Å². The molecule has 2 unspecified atom stereocenters. The maximum absolute atomic E-state index is 10.7. The van der Waals surface area contributed by atoms with Gasteiger partial charge in [-0.1, -0.05) is 0 Å². The zero-order valence-corrected chi connectivity index (χ0v) is 16.6. The molecule has 0 bridgehead atoms. The summed E-state index contributed by atoms with van der Waals surface area (Å²) in [6, 6.07) is 8.22. The average molecular weight is 407 g/mol. The first kappa shape index (κ1) is 18.5. The number of aliphatic imine (C=N–C) groups is 1. The van der Waals surface area contributed by atoms with Crippen LogP contribution in [0.15, 0.2) is 48.0 Å². The van der Waals surface area contributed by atoms with E-state index < -0.39 is 6.10 Å². The molecule has 3 aromatic rings. The first-order valence-corrected chi connectivity index (χ1v) is 10.7. The molecule has 2 aromatic heterocycles. The Morgan fingerprint density at radius 3 is 2.86 bits per heavy atom. The van der Waals surface area contributed by atoms with Crippen molar-refractivity contribution in [2.24, 2.45) is 4.99 Å². The van der Waals surface area contributed by atoms with E-state index in [0.29, 0.717) is 0 Å². The van der Waals surface area contributed by atoms with Crippen molar-refractivity contribution in [3.63, 3.8) is 0 Å². The molecule has 0 radical (unpaired) electrons. The van der Waals surface area contributed by atoms with Crippen LogP contribution in [0.4, 0.5) is 5.69 Å². The fourth-order valence-corrected chi connectivity index (χ4v) is 4.59. The van der Waals surface area contributed by atoms with Gasteiger partial charge >= 0.3 is 0 Å². The fourth-order valence-electron chi connectivity index (χ4n) is 3.71. The molecule has 7 nitrogen and oxygen atoms in total. The van der Waals surface area contributed by atoms with Crippen LogP contribution >= 0.6 is 11.8 Å². The number of rotatable bonds is 4. The van der Waals surface area contributed by atoms with Crippen molar-refractivity contribution in [2.45, 2.75) is 11.5 Å². The number of benzene rings is 1. The number of ether oxygens (including phenoxy) is 1. The minimum atomic E-state index is -0.688. The van der Waals surface area contributed by atoms with Gasteiger partial charge < -0.3 is 14.7 Å². The normalized spacial score (nSPS) is 20.3. The average Bonchev–Trinajstić information content (AvgIpc) is 3.33. The second kappa shape index (κ2) is 8.06. The largest absolute Gasteiger partial charge is 0.385 e. The standard InChI is InChI=1S/C21H21N5O2S/c27-20(21-23-3-8-29-21)15-9-14(11-22-12-15)19-17-2-1-16(10-18(17)24-13-25-19)26-4-6-28-7-5-26/h1-3,9-13,20-21,27H,4-8H2. The Balaban J connectivity index is 1.50. The molecule has 1 aromatic carbocycles. The minimum absolute atomic E-state index is 0.176. The molecular formula is C21H21N5O2S. The first-order valence-electron chi connectivity index (χ1n) is 9.64. The number of anilines is 1. The highest BCUT2D eigenvalue weighted by Crippen LogP contribution is 2.33. The van der Waals surface area contributed by atoms with Gasteiger partial charge in [0.1, 0.15) is 17.8 Å². The van der Waals surface area contributed by atoms with Gasteiger partial charge in [-0.05, 0) is 24.3 Å². The van der Waals surface area contributed by atoms with Crippen LogP contribution in [0.3, 0.4) is 0 Å². The highest BCUT2D eigenvalue weighted by molar-refractivity contribution is 8.00. The van der Waals surface area contributed by atoms with E-state index in [0.717, 1.165) is 65.5 Å². The van der Waals surface area contributed by atoms with E-state index >= 15 is 0 Å². The Morgan fingerprint density at radius 1 is 1.14 bits per heavy atom. The molecule has 2 atom stereocenters. The predicted molar refractivity (Wildman–Crippen MR) is 115 cm³/mol. The van der Waals surface area contributed by atoms with E-state index in [4.69, 9.17) is 4.74 Å². The molecule has 0 amide bonds. The van der Waals surface area contributed by atoms with Gasteiger partial charge in [0.25, 0.3) is 0 Å². The van der Waals surface area contributed by atoms with Crippen molar-refractivity contribution in [3.05, 3.63) is 48.5 Å². The van der Waals surface area contributed by atoms with Crippen molar-refractivity contribution in [1.82, 2.24) is 15.0 Å². The van der Waals surface area contributed by atoms with Gasteiger partial charge in [-0.15, -0.1) is 11.8 Å². The van der Waals surface area contributed by atoms with Crippen LogP contribution in [-0.2, 0) is 4.74 Å². The van der Waals surface area contributed by atoms with Crippen LogP contribution in [0.5, 0.6) is 0 Å². The Morgan fingerprint density at radius 2 is 2.03 bits per heavy atom. The summed E-state index contributed by atoms with van der Waals surface area (Å²) in [6.07, 6.45) is 6.22. The highest BCUT2D eigenvalue weighted by Gasteiger charge is 2.23. The molecule has 1 saturated heterocycles. The van der Waals surface area contributed by atoms with E-state index in [-0.39, 0.29) is 5.37 Å². The van der Waals surface area contributed by atoms with Crippen LogP contribution in [0.1, 0.15) is 11.7 Å². The minimum Gasteiger partial charge on any atom is -0.385 e. The number of aliphatic hydroxyl groups is 1. The second-order valence-electron chi connectivity index (χ2n) is 7.03. The Kier molecular flexibility index (Phi) is 5.13. The molecule has 2 aliphatic rings. The summed E-state index contributed by atoms with van der Waals surface area (Å²) < 4.78 is 5.45. The number of thioether (sulfide) groups is 1. The lowest BCUT2D eigenvalue weighted by atomic mass is 10.0. The van der Waals surface area contributed by atoms with E-state index in [1.807, 2.05) is 12.3 Å². The van der Waals surface area contributed by atoms with Gasteiger partial charge in [-0.3, -0.25) is 9.98 Å². The number of morpholine rings is 1. The summed E-state index contributed by atoms with van der Waals surface area (Å²) in [7, 11) is 0. The van der Waals surface area contributed by atoms with Gasteiger partial charge in [0.15, 0.2) is 0 Å². The molecule has 0 saturated carbocycles. The number of hydrogen-bond acceptors (Lipinski definition) is 8. The third kappa shape index (κ3) is 3.71. The summed E-state index contributed by atoms with van der Waals surface area (Å²) in [5, 5.41) is 11.5. The smallest absolute Gasteiger partial charge is 0.125 e. The quantitative estimate of drug-likeness (QED) is 0.712. The van der Waals surface area contributed by atoms with Gasteiger partial charge in [0.05, 0.1) is 24.4 Å². The molecule has 4 heterocycles. The number of aliphatic hydroxyl groups excluding tert-OH is 1. The van der Waals surface area contributed by atoms with Gasteiger partial charge in [-0.2, -0.15) is 0 Å². The number of aromatic nitrogens is 3. The lowest BCUT2D eigenvalue weighted by Gasteiger charge is -2.29. The molecule has 8 heteroatoms. The summed E-state index contributed by atoms with van der Waals surface area (Å²) in [4.78, 5) is 20.0. The summed E-state index contributed by atoms with van der Waals surface area (Å²) in [5.41, 5.74) is 4.45. The van der Waals surface area contributed by atoms with Crippen molar-refractivity contribution in [3.8, 4) is 11.3 Å². The number of pyridine rings is 1. The molecular weight excluding hydrogens is 386 g/mol. The zero-order chi connectivity index (χ0) is 19.6. The number of nitrogens with zero attached hydrogens (tertiary/aromatic N) is 5. The molecule has 5 rings (SSSR count). The van der Waals surface area contributed by atoms with E-state index in [9.17, 15) is 5.11 Å².